The molecule has 2 aromatic carbocycles. The fourth-order valence-corrected chi connectivity index (χ4v) is 2.73. The highest BCUT2D eigenvalue weighted by atomic mass is 19.1. The number of nitrogens with two attached hydrogens (primary N) is 1. The van der Waals surface area contributed by atoms with Crippen molar-refractivity contribution in [2.75, 3.05) is 14.2 Å². The third-order valence-corrected chi connectivity index (χ3v) is 4.29. The smallest absolute Gasteiger partial charge is 0.255 e. The molecule has 0 radical (unpaired) electrons. The predicted octanol–water partition coefficient (Wildman–Crippen LogP) is 4.23. The minimum atomic E-state index is -0.680. The molecule has 150 valence electrons. The molecule has 0 aliphatic carbocycles. The van der Waals surface area contributed by atoms with Gasteiger partial charge < -0.3 is 15.8 Å². The lowest BCUT2D eigenvalue weighted by Crippen LogP contribution is -2.23. The van der Waals surface area contributed by atoms with Gasteiger partial charge in [-0.1, -0.05) is 37.4 Å². The third kappa shape index (κ3) is 5.27. The number of carbonyl (C=O) groups is 1. The molecule has 0 atom stereocenters. The monoisotopic (exact) mass is 393 g/mol. The first-order chi connectivity index (χ1) is 13.9. The summed E-state index contributed by atoms with van der Waals surface area (Å²) in [5, 5.41) is 2.51. The van der Waals surface area contributed by atoms with Gasteiger partial charge in [0.25, 0.3) is 5.91 Å². The second-order valence-corrected chi connectivity index (χ2v) is 6.09. The summed E-state index contributed by atoms with van der Waals surface area (Å²) in [5.41, 5.74) is 9.53. The van der Waals surface area contributed by atoms with E-state index in [1.165, 1.54) is 13.1 Å². The van der Waals surface area contributed by atoms with Gasteiger partial charge in [0.05, 0.1) is 19.0 Å². The van der Waals surface area contributed by atoms with Gasteiger partial charge in [-0.2, -0.15) is 0 Å². The van der Waals surface area contributed by atoms with Gasteiger partial charge >= 0.3 is 0 Å². The van der Waals surface area contributed by atoms with Gasteiger partial charge in [-0.3, -0.25) is 9.79 Å². The molecule has 29 heavy (non-hydrogen) atoms. The van der Waals surface area contributed by atoms with Crippen molar-refractivity contribution in [1.29, 1.82) is 0 Å². The number of nitrogens with one attached hydrogen (secondary N) is 1. The molecule has 0 fully saturated rings. The Morgan fingerprint density at radius 2 is 2.03 bits per heavy atom. The van der Waals surface area contributed by atoms with Crippen LogP contribution in [-0.2, 0) is 11.3 Å². The number of benzene rings is 2. The number of allylic oxidation sites excluding steroid dienone is 2. The second kappa shape index (κ2) is 10.1. The summed E-state index contributed by atoms with van der Waals surface area (Å²) in [6.45, 7) is 7.69. The van der Waals surface area contributed by atoms with Crippen molar-refractivity contribution in [3.05, 3.63) is 89.9 Å². The molecule has 0 aliphatic rings. The highest BCUT2D eigenvalue weighted by molar-refractivity contribution is 5.97. The SMILES string of the molecule is C=C/C(NC(=O)c1ccc(CN)c(-c2cccc(C(=C)OC)c2)c1)=C(/F)C=NC. The fourth-order valence-electron chi connectivity index (χ4n) is 2.73. The second-order valence-electron chi connectivity index (χ2n) is 6.09. The number of hydrogen-bond acceptors (Lipinski definition) is 4. The van der Waals surface area contributed by atoms with E-state index < -0.39 is 11.7 Å². The first-order valence-electron chi connectivity index (χ1n) is 8.87. The molecule has 0 aliphatic heterocycles. The Morgan fingerprint density at radius 3 is 2.66 bits per heavy atom. The first-order valence-corrected chi connectivity index (χ1v) is 8.87. The van der Waals surface area contributed by atoms with Crippen molar-refractivity contribution in [1.82, 2.24) is 5.32 Å². The van der Waals surface area contributed by atoms with Crippen LogP contribution in [0.4, 0.5) is 4.39 Å². The molecular formula is C23H24FN3O2. The van der Waals surface area contributed by atoms with Crippen LogP contribution in [0.5, 0.6) is 0 Å². The molecule has 3 N–H and O–H groups in total. The Bertz CT molecular complexity index is 993. The fraction of sp³-hybridized carbons (Fsp3) is 0.130. The lowest BCUT2D eigenvalue weighted by molar-refractivity contribution is 0.0966. The number of carbonyl (C=O) groups excluding carboxylic acids is 1. The largest absolute Gasteiger partial charge is 0.497 e. The number of methoxy groups -OCH3 is 1. The highest BCUT2D eigenvalue weighted by Crippen LogP contribution is 2.28. The Kier molecular flexibility index (Phi) is 7.62. The van der Waals surface area contributed by atoms with Crippen LogP contribution < -0.4 is 11.1 Å². The molecular weight excluding hydrogens is 369 g/mol. The van der Waals surface area contributed by atoms with E-state index in [4.69, 9.17) is 10.5 Å². The van der Waals surface area contributed by atoms with Crippen LogP contribution in [0.25, 0.3) is 16.9 Å². The van der Waals surface area contributed by atoms with Crippen molar-refractivity contribution in [2.24, 2.45) is 10.7 Å². The van der Waals surface area contributed by atoms with E-state index in [1.54, 1.807) is 25.3 Å². The lowest BCUT2D eigenvalue weighted by Gasteiger charge is -2.13. The minimum Gasteiger partial charge on any atom is -0.497 e. The summed E-state index contributed by atoms with van der Waals surface area (Å²) in [5.74, 6) is -0.619. The summed E-state index contributed by atoms with van der Waals surface area (Å²) in [6.07, 6.45) is 2.23. The lowest BCUT2D eigenvalue weighted by atomic mass is 9.95. The summed E-state index contributed by atoms with van der Waals surface area (Å²) in [7, 11) is 2.99. The van der Waals surface area contributed by atoms with Crippen molar-refractivity contribution in [3.8, 4) is 11.1 Å². The zero-order valence-electron chi connectivity index (χ0n) is 16.5. The number of ether oxygens (including phenoxy) is 1. The van der Waals surface area contributed by atoms with Crippen LogP contribution in [0.2, 0.25) is 0 Å². The van der Waals surface area contributed by atoms with Gasteiger partial charge in [-0.25, -0.2) is 4.39 Å². The van der Waals surface area contributed by atoms with Gasteiger partial charge in [0, 0.05) is 24.7 Å². The van der Waals surface area contributed by atoms with Crippen LogP contribution in [0.3, 0.4) is 0 Å². The molecule has 1 amide bonds. The number of halogens is 1. The standard InChI is InChI=1S/C23H24FN3O2/c1-5-22(21(24)14-26-3)27-23(28)18-9-10-19(13-25)20(12-18)17-8-6-7-16(11-17)15(2)29-4/h5-12,14H,1-2,13,25H2,3-4H3,(H,27,28)/b22-21-,26-14?. The van der Waals surface area contributed by atoms with E-state index in [0.717, 1.165) is 28.5 Å². The number of rotatable bonds is 8. The molecule has 0 bridgehead atoms. The van der Waals surface area contributed by atoms with E-state index in [0.29, 0.717) is 17.9 Å². The average molecular weight is 393 g/mol. The topological polar surface area (TPSA) is 76.7 Å². The Morgan fingerprint density at radius 1 is 1.28 bits per heavy atom. The zero-order chi connectivity index (χ0) is 21.4. The summed E-state index contributed by atoms with van der Waals surface area (Å²) < 4.78 is 19.2. The molecule has 0 unspecified atom stereocenters. The number of hydrogen-bond donors (Lipinski definition) is 2. The minimum absolute atomic E-state index is 0.0524. The zero-order valence-corrected chi connectivity index (χ0v) is 16.5. The Hall–Kier alpha value is -3.51. The van der Waals surface area contributed by atoms with E-state index in [1.807, 2.05) is 24.3 Å². The molecule has 0 heterocycles. The molecule has 0 aromatic heterocycles. The number of aliphatic imine (C=N–C) groups is 1. The Labute approximate surface area is 170 Å². The number of amides is 1. The van der Waals surface area contributed by atoms with Gasteiger partial charge in [0.15, 0.2) is 5.83 Å². The van der Waals surface area contributed by atoms with Gasteiger partial charge in [0.1, 0.15) is 5.76 Å². The number of nitrogens with zero attached hydrogens (tertiary/aromatic N) is 1. The molecule has 0 saturated carbocycles. The molecule has 2 rings (SSSR count). The van der Waals surface area contributed by atoms with Crippen LogP contribution in [0, 0.1) is 0 Å². The maximum Gasteiger partial charge on any atom is 0.255 e. The van der Waals surface area contributed by atoms with Crippen LogP contribution in [0.1, 0.15) is 21.5 Å². The summed E-state index contributed by atoms with van der Waals surface area (Å²) in [6, 6.07) is 12.7. The van der Waals surface area contributed by atoms with E-state index in [9.17, 15) is 9.18 Å². The van der Waals surface area contributed by atoms with Crippen molar-refractivity contribution < 1.29 is 13.9 Å². The maximum atomic E-state index is 14.0. The normalized spacial score (nSPS) is 11.7. The quantitative estimate of drug-likeness (QED) is 0.400. The average Bonchev–Trinajstić information content (AvgIpc) is 2.76. The molecule has 0 spiro atoms. The van der Waals surface area contributed by atoms with E-state index in [2.05, 4.69) is 23.5 Å². The Balaban J connectivity index is 2.46. The van der Waals surface area contributed by atoms with Gasteiger partial charge in [-0.05, 0) is 41.0 Å². The first kappa shape index (κ1) is 21.8. The van der Waals surface area contributed by atoms with Crippen molar-refractivity contribution in [2.45, 2.75) is 6.54 Å². The van der Waals surface area contributed by atoms with Crippen LogP contribution in [0.15, 0.2) is 78.2 Å². The molecule has 6 heteroatoms. The molecule has 2 aromatic rings. The molecule has 5 nitrogen and oxygen atoms in total. The van der Waals surface area contributed by atoms with Gasteiger partial charge in [-0.15, -0.1) is 0 Å². The van der Waals surface area contributed by atoms with E-state index >= 15 is 0 Å². The van der Waals surface area contributed by atoms with Gasteiger partial charge in [0.2, 0.25) is 0 Å². The summed E-state index contributed by atoms with van der Waals surface area (Å²) in [4.78, 5) is 16.3. The summed E-state index contributed by atoms with van der Waals surface area (Å²) >= 11 is 0. The molecule has 0 saturated heterocycles. The van der Waals surface area contributed by atoms with Crippen molar-refractivity contribution >= 4 is 17.9 Å². The van der Waals surface area contributed by atoms with E-state index in [-0.39, 0.29) is 5.70 Å². The third-order valence-electron chi connectivity index (χ3n) is 4.29. The van der Waals surface area contributed by atoms with Crippen LogP contribution >= 0.6 is 0 Å². The van der Waals surface area contributed by atoms with Crippen LogP contribution in [-0.4, -0.2) is 26.3 Å². The van der Waals surface area contributed by atoms with Crippen molar-refractivity contribution in [3.63, 3.8) is 0 Å². The predicted molar refractivity (Wildman–Crippen MR) is 116 cm³/mol. The maximum absolute atomic E-state index is 14.0. The highest BCUT2D eigenvalue weighted by Gasteiger charge is 2.13.